The van der Waals surface area contributed by atoms with Gasteiger partial charge in [0.25, 0.3) is 0 Å². The zero-order chi connectivity index (χ0) is 25.2. The Balaban J connectivity index is 2.38. The summed E-state index contributed by atoms with van der Waals surface area (Å²) in [6, 6.07) is 0. The molecule has 0 radical (unpaired) electrons. The first-order valence-electron chi connectivity index (χ1n) is 11.1. The van der Waals surface area contributed by atoms with Crippen LogP contribution in [0.2, 0.25) is 0 Å². The molecule has 2 unspecified atom stereocenters. The van der Waals surface area contributed by atoms with E-state index in [-0.39, 0.29) is 11.8 Å². The van der Waals surface area contributed by atoms with E-state index >= 15 is 0 Å². The third-order valence-corrected chi connectivity index (χ3v) is 6.24. The molecule has 1 rings (SSSR count). The summed E-state index contributed by atoms with van der Waals surface area (Å²) in [5.74, 6) is -1.24. The fraction of sp³-hybridized carbons (Fsp3) is 0.667. The van der Waals surface area contributed by atoms with Gasteiger partial charge < -0.3 is 27.9 Å². The molecule has 188 valence electrons. The second-order valence-corrected chi connectivity index (χ2v) is 10.6. The summed E-state index contributed by atoms with van der Waals surface area (Å²) < 4.78 is 9.63. The van der Waals surface area contributed by atoms with Crippen molar-refractivity contribution in [1.29, 1.82) is 0 Å². The van der Waals surface area contributed by atoms with Crippen LogP contribution in [0, 0.1) is 5.41 Å². The Morgan fingerprint density at radius 3 is 2.24 bits per heavy atom. The summed E-state index contributed by atoms with van der Waals surface area (Å²) in [5, 5.41) is 39.8. The van der Waals surface area contributed by atoms with Crippen molar-refractivity contribution in [3.8, 4) is 5.75 Å². The van der Waals surface area contributed by atoms with E-state index in [9.17, 15) is 30.0 Å². The van der Waals surface area contributed by atoms with Crippen molar-refractivity contribution in [2.24, 2.45) is 5.41 Å². The number of aliphatic hydroxyl groups excluding tert-OH is 3. The summed E-state index contributed by atoms with van der Waals surface area (Å²) in [6.45, 7) is 7.56. The van der Waals surface area contributed by atoms with Crippen molar-refractivity contribution in [3.63, 3.8) is 0 Å². The van der Waals surface area contributed by atoms with Crippen LogP contribution in [0.1, 0.15) is 84.6 Å². The second kappa shape index (κ2) is 13.3. The Morgan fingerprint density at radius 1 is 1.09 bits per heavy atom. The first-order chi connectivity index (χ1) is 15.3. The molecule has 0 aliphatic heterocycles. The van der Waals surface area contributed by atoms with Gasteiger partial charge >= 0.3 is 0 Å². The third-order valence-electron chi connectivity index (χ3n) is 5.98. The summed E-state index contributed by atoms with van der Waals surface area (Å²) >= 11 is 1.56. The Hall–Kier alpha value is -1.59. The van der Waals surface area contributed by atoms with Crippen molar-refractivity contribution in [2.75, 3.05) is 0 Å². The monoisotopic (exact) mass is 580 g/mol. The lowest BCUT2D eigenvalue weighted by Crippen LogP contribution is -2.27. The maximum Gasteiger partial charge on any atom is 0.230 e. The van der Waals surface area contributed by atoms with Crippen molar-refractivity contribution < 1.29 is 32.7 Å². The number of carbonyl (C=O) groups excluding carboxylic acids is 1. The minimum Gasteiger partial charge on any atom is -0.502 e. The molecule has 1 heterocycles. The Morgan fingerprint density at radius 2 is 1.67 bits per heavy atom. The maximum absolute atomic E-state index is 12.1. The Labute approximate surface area is 209 Å². The van der Waals surface area contributed by atoms with Gasteiger partial charge in [0.1, 0.15) is 12.5 Å². The number of rotatable bonds is 15. The third kappa shape index (κ3) is 10.5. The average molecular weight is 580 g/mol. The fourth-order valence-corrected chi connectivity index (χ4v) is 3.94. The second-order valence-electron chi connectivity index (χ2n) is 10.1. The number of Topliss-reactive ketones (excluding diaryl/α,β-unsaturated/α-hetero) is 1. The molecule has 4 N–H and O–H groups in total. The van der Waals surface area contributed by atoms with Crippen LogP contribution in [-0.4, -0.2) is 38.4 Å². The van der Waals surface area contributed by atoms with E-state index in [0.29, 0.717) is 50.5 Å². The molecule has 0 amide bonds. The molecule has 0 saturated heterocycles. The molecular formula is C24H37IO8. The standard InChI is InChI=1S/C24H37IO8/c1-23(2,12-19(28)20(29)15-33-25)10-8-16(26)6-5-7-17(27)9-11-24(3,4)18-13-32-14-21(30)22(18)31/h13-17,26-27,29-30H,5-12H2,1-4H3/b20-15+. The molecule has 9 heteroatoms. The van der Waals surface area contributed by atoms with Crippen LogP contribution in [0.25, 0.3) is 0 Å². The summed E-state index contributed by atoms with van der Waals surface area (Å²) in [4.78, 5) is 24.1. The van der Waals surface area contributed by atoms with E-state index in [1.54, 1.807) is 23.0 Å². The van der Waals surface area contributed by atoms with Crippen LogP contribution in [-0.2, 0) is 13.3 Å². The number of halogens is 1. The van der Waals surface area contributed by atoms with E-state index in [0.717, 1.165) is 12.5 Å². The van der Waals surface area contributed by atoms with Gasteiger partial charge in [0, 0.05) is 12.0 Å². The SMILES string of the molecule is CC(C)(CCC(O)CCCC(O)CCC(C)(C)c1cocc(O)c1=O)CC(=O)/C(O)=C\OI. The van der Waals surface area contributed by atoms with Crippen LogP contribution in [0.15, 0.2) is 33.8 Å². The van der Waals surface area contributed by atoms with Gasteiger partial charge in [-0.3, -0.25) is 9.59 Å². The topological polar surface area (TPSA) is 137 Å². The lowest BCUT2D eigenvalue weighted by atomic mass is 9.80. The molecule has 2 atom stereocenters. The van der Waals surface area contributed by atoms with Gasteiger partial charge in [-0.15, -0.1) is 0 Å². The summed E-state index contributed by atoms with van der Waals surface area (Å²) in [6.07, 6.45) is 6.24. The minimum absolute atomic E-state index is 0.147. The van der Waals surface area contributed by atoms with Gasteiger partial charge in [0.15, 0.2) is 34.5 Å². The molecule has 1 aromatic heterocycles. The smallest absolute Gasteiger partial charge is 0.230 e. The Kier molecular flexibility index (Phi) is 11.9. The highest BCUT2D eigenvalue weighted by Crippen LogP contribution is 2.30. The van der Waals surface area contributed by atoms with Gasteiger partial charge in [0.2, 0.25) is 11.2 Å². The molecule has 33 heavy (non-hydrogen) atoms. The lowest BCUT2D eigenvalue weighted by molar-refractivity contribution is -0.120. The van der Waals surface area contributed by atoms with E-state index < -0.39 is 40.3 Å². The zero-order valence-corrected chi connectivity index (χ0v) is 22.0. The molecule has 0 saturated carbocycles. The van der Waals surface area contributed by atoms with Crippen LogP contribution in [0.3, 0.4) is 0 Å². The minimum atomic E-state index is -0.565. The first kappa shape index (κ1) is 29.4. The van der Waals surface area contributed by atoms with Crippen LogP contribution >= 0.6 is 23.0 Å². The van der Waals surface area contributed by atoms with Crippen LogP contribution in [0.5, 0.6) is 5.75 Å². The van der Waals surface area contributed by atoms with Gasteiger partial charge in [0.05, 0.1) is 18.5 Å². The fourth-order valence-electron chi connectivity index (χ4n) is 3.70. The molecule has 0 fully saturated rings. The summed E-state index contributed by atoms with van der Waals surface area (Å²) in [5.41, 5.74) is -1.03. The van der Waals surface area contributed by atoms with Crippen LogP contribution < -0.4 is 5.43 Å². The number of hydrogen-bond acceptors (Lipinski definition) is 8. The van der Waals surface area contributed by atoms with Crippen molar-refractivity contribution >= 4 is 28.8 Å². The molecule has 0 aliphatic rings. The first-order valence-corrected chi connectivity index (χ1v) is 12.0. The molecule has 1 aromatic rings. The largest absolute Gasteiger partial charge is 0.502 e. The zero-order valence-electron chi connectivity index (χ0n) is 19.8. The predicted molar refractivity (Wildman–Crippen MR) is 133 cm³/mol. The number of allylic oxidation sites excluding steroid dienone is 1. The van der Waals surface area contributed by atoms with Gasteiger partial charge in [-0.05, 0) is 55.8 Å². The molecule has 0 aliphatic carbocycles. The van der Waals surface area contributed by atoms with E-state index in [1.807, 2.05) is 27.7 Å². The van der Waals surface area contributed by atoms with Gasteiger partial charge in [-0.2, -0.15) is 0 Å². The van der Waals surface area contributed by atoms with Crippen molar-refractivity contribution in [3.05, 3.63) is 40.3 Å². The predicted octanol–water partition coefficient (Wildman–Crippen LogP) is 4.83. The molecular weight excluding hydrogens is 543 g/mol. The van der Waals surface area contributed by atoms with Crippen molar-refractivity contribution in [2.45, 2.75) is 96.7 Å². The van der Waals surface area contributed by atoms with E-state index in [2.05, 4.69) is 3.07 Å². The number of aromatic hydroxyl groups is 1. The highest BCUT2D eigenvalue weighted by molar-refractivity contribution is 14.1. The molecule has 8 nitrogen and oxygen atoms in total. The lowest BCUT2D eigenvalue weighted by Gasteiger charge is -2.26. The molecule has 0 bridgehead atoms. The van der Waals surface area contributed by atoms with E-state index in [1.165, 1.54) is 6.26 Å². The quantitative estimate of drug-likeness (QED) is 0.132. The molecule has 0 aromatic carbocycles. The normalized spacial score (nSPS) is 14.7. The number of hydrogen-bond donors (Lipinski definition) is 4. The van der Waals surface area contributed by atoms with Gasteiger partial charge in [-0.1, -0.05) is 27.7 Å². The number of carbonyl (C=O) groups is 1. The highest BCUT2D eigenvalue weighted by atomic mass is 127. The van der Waals surface area contributed by atoms with Gasteiger partial charge in [-0.25, -0.2) is 0 Å². The maximum atomic E-state index is 12.1. The molecule has 0 spiro atoms. The van der Waals surface area contributed by atoms with E-state index in [4.69, 9.17) is 4.42 Å². The number of aliphatic hydroxyl groups is 3. The number of ketones is 1. The summed E-state index contributed by atoms with van der Waals surface area (Å²) in [7, 11) is 0. The Bertz CT molecular complexity index is 843. The average Bonchev–Trinajstić information content (AvgIpc) is 2.72. The highest BCUT2D eigenvalue weighted by Gasteiger charge is 2.27. The van der Waals surface area contributed by atoms with Crippen molar-refractivity contribution in [1.82, 2.24) is 0 Å². The van der Waals surface area contributed by atoms with Crippen LogP contribution in [0.4, 0.5) is 0 Å².